The van der Waals surface area contributed by atoms with Gasteiger partial charge in [0.2, 0.25) is 0 Å². The summed E-state index contributed by atoms with van der Waals surface area (Å²) in [5, 5.41) is 0. The van der Waals surface area contributed by atoms with Gasteiger partial charge < -0.3 is 18.1 Å². The maximum absolute atomic E-state index is 3.18. The minimum absolute atomic E-state index is 0. The summed E-state index contributed by atoms with van der Waals surface area (Å²) >= 11 is 0. The molecular formula is C12H16W3-2. The van der Waals surface area contributed by atoms with Crippen LogP contribution < -0.4 is 0 Å². The standard InChI is InChI=1S/C12H16.3W/c1-5-10-7-6-8-11(9-10)12(2,3)4;;;/h5-6,8-9H,1-4H3;;;/q-2;;;. The third-order valence-electron chi connectivity index (χ3n) is 2.00. The molecular weight excluding hydrogens is 696 g/mol. The van der Waals surface area contributed by atoms with E-state index in [9.17, 15) is 0 Å². The summed E-state index contributed by atoms with van der Waals surface area (Å²) in [5.41, 5.74) is 2.80. The molecule has 0 unspecified atom stereocenters. The van der Waals surface area contributed by atoms with E-state index in [1.807, 2.05) is 13.0 Å². The zero-order valence-electron chi connectivity index (χ0n) is 9.53. The zero-order chi connectivity index (χ0) is 9.19. The fourth-order valence-corrected chi connectivity index (χ4v) is 1.12. The Kier molecular flexibility index (Phi) is 13.2. The first-order valence-corrected chi connectivity index (χ1v) is 4.35. The summed E-state index contributed by atoms with van der Waals surface area (Å²) in [4.78, 5) is 0. The average molecular weight is 712 g/mol. The van der Waals surface area contributed by atoms with Crippen LogP contribution in [-0.2, 0) is 68.6 Å². The SMILES string of the molecule is C[CH-]c1[c-]ccc(C(C)(C)C)c1.[W].[W].[W]. The molecule has 0 aliphatic heterocycles. The van der Waals surface area contributed by atoms with E-state index in [-0.39, 0.29) is 68.6 Å². The molecule has 0 nitrogen and oxygen atoms in total. The normalized spacial score (nSPS) is 9.07. The molecule has 0 amide bonds. The summed E-state index contributed by atoms with van der Waals surface area (Å²) in [6, 6.07) is 9.50. The molecule has 0 fully saturated rings. The smallest absolute Gasteiger partial charge is 0 e. The zero-order valence-corrected chi connectivity index (χ0v) is 18.3. The second kappa shape index (κ2) is 9.21. The molecule has 0 spiro atoms. The minimum atomic E-state index is 0. The summed E-state index contributed by atoms with van der Waals surface area (Å²) < 4.78 is 0. The molecule has 3 heteroatoms. The van der Waals surface area contributed by atoms with E-state index < -0.39 is 0 Å². The predicted octanol–water partition coefficient (Wildman–Crippen LogP) is 3.35. The van der Waals surface area contributed by atoms with Gasteiger partial charge in [-0.3, -0.25) is 6.07 Å². The van der Waals surface area contributed by atoms with Crippen LogP contribution in [0.2, 0.25) is 0 Å². The van der Waals surface area contributed by atoms with E-state index in [1.54, 1.807) is 0 Å². The van der Waals surface area contributed by atoms with Gasteiger partial charge in [-0.15, -0.1) is 13.0 Å². The van der Waals surface area contributed by atoms with Crippen LogP contribution in [0.25, 0.3) is 0 Å². The van der Waals surface area contributed by atoms with Crippen molar-refractivity contribution in [2.24, 2.45) is 0 Å². The average Bonchev–Trinajstić information content (AvgIpc) is 2.03. The molecule has 84 valence electrons. The van der Waals surface area contributed by atoms with Gasteiger partial charge in [0, 0.05) is 63.2 Å². The van der Waals surface area contributed by atoms with Gasteiger partial charge >= 0.3 is 0 Å². The molecule has 0 heterocycles. The molecule has 0 aliphatic rings. The molecule has 15 heavy (non-hydrogen) atoms. The summed E-state index contributed by atoms with van der Waals surface area (Å²) in [5.74, 6) is 0. The molecule has 0 N–H and O–H groups in total. The first-order chi connectivity index (χ1) is 5.54. The maximum Gasteiger partial charge on any atom is 0 e. The third kappa shape index (κ3) is 7.15. The van der Waals surface area contributed by atoms with Crippen molar-refractivity contribution in [1.29, 1.82) is 0 Å². The van der Waals surface area contributed by atoms with Crippen molar-refractivity contribution in [3.8, 4) is 0 Å². The molecule has 1 aromatic carbocycles. The molecule has 0 bridgehead atoms. The number of hydrogen-bond acceptors (Lipinski definition) is 0. The monoisotopic (exact) mass is 712 g/mol. The second-order valence-electron chi connectivity index (χ2n) is 4.07. The van der Waals surface area contributed by atoms with E-state index in [2.05, 4.69) is 45.4 Å². The minimum Gasteiger partial charge on any atom is -0.371 e. The van der Waals surface area contributed by atoms with Gasteiger partial charge in [-0.05, 0) is 5.41 Å². The molecule has 0 saturated carbocycles. The Bertz CT molecular complexity index is 264. The molecule has 0 aromatic heterocycles. The van der Waals surface area contributed by atoms with Crippen LogP contribution in [0.1, 0.15) is 38.8 Å². The van der Waals surface area contributed by atoms with Gasteiger partial charge in [0.25, 0.3) is 0 Å². The van der Waals surface area contributed by atoms with Crippen molar-refractivity contribution in [3.05, 3.63) is 41.8 Å². The number of rotatable bonds is 1. The van der Waals surface area contributed by atoms with E-state index >= 15 is 0 Å². The van der Waals surface area contributed by atoms with Gasteiger partial charge in [-0.1, -0.05) is 20.8 Å². The predicted molar refractivity (Wildman–Crippen MR) is 53.1 cm³/mol. The van der Waals surface area contributed by atoms with Gasteiger partial charge in [-0.2, -0.15) is 11.6 Å². The largest absolute Gasteiger partial charge is 0.371 e. The van der Waals surface area contributed by atoms with Crippen molar-refractivity contribution in [1.82, 2.24) is 0 Å². The van der Waals surface area contributed by atoms with Crippen LogP contribution >= 0.6 is 0 Å². The van der Waals surface area contributed by atoms with Crippen LogP contribution in [0.4, 0.5) is 0 Å². The van der Waals surface area contributed by atoms with Crippen LogP contribution in [0.3, 0.4) is 0 Å². The molecule has 1 aromatic rings. The maximum atomic E-state index is 3.18. The summed E-state index contributed by atoms with van der Waals surface area (Å²) in [6.07, 6.45) is 2.08. The molecule has 0 saturated heterocycles. The Labute approximate surface area is 137 Å². The van der Waals surface area contributed by atoms with Crippen LogP contribution in [0.5, 0.6) is 0 Å². The van der Waals surface area contributed by atoms with Gasteiger partial charge in [0.15, 0.2) is 0 Å². The van der Waals surface area contributed by atoms with Crippen molar-refractivity contribution >= 4 is 0 Å². The van der Waals surface area contributed by atoms with Gasteiger partial charge in [-0.25, -0.2) is 0 Å². The van der Waals surface area contributed by atoms with Crippen molar-refractivity contribution in [2.75, 3.05) is 0 Å². The first kappa shape index (κ1) is 21.4. The fraction of sp³-hybridized carbons (Fsp3) is 0.417. The molecule has 0 radical (unpaired) electrons. The summed E-state index contributed by atoms with van der Waals surface area (Å²) in [6.45, 7) is 8.71. The van der Waals surface area contributed by atoms with E-state index in [1.165, 1.54) is 11.1 Å². The van der Waals surface area contributed by atoms with E-state index in [0.29, 0.717) is 0 Å². The number of hydrogen-bond donors (Lipinski definition) is 0. The van der Waals surface area contributed by atoms with E-state index in [4.69, 9.17) is 0 Å². The topological polar surface area (TPSA) is 0 Å². The Morgan fingerprint density at radius 1 is 1.13 bits per heavy atom. The second-order valence-corrected chi connectivity index (χ2v) is 4.07. The Morgan fingerprint density at radius 3 is 2.07 bits per heavy atom. The van der Waals surface area contributed by atoms with Crippen molar-refractivity contribution in [3.63, 3.8) is 0 Å². The molecule has 1 rings (SSSR count). The third-order valence-corrected chi connectivity index (χ3v) is 2.00. The van der Waals surface area contributed by atoms with Gasteiger partial charge in [0.1, 0.15) is 0 Å². The van der Waals surface area contributed by atoms with Gasteiger partial charge in [0.05, 0.1) is 0 Å². The van der Waals surface area contributed by atoms with Crippen molar-refractivity contribution < 1.29 is 63.2 Å². The van der Waals surface area contributed by atoms with E-state index in [0.717, 1.165) is 0 Å². The first-order valence-electron chi connectivity index (χ1n) is 4.35. The quantitative estimate of drug-likeness (QED) is 0.393. The molecule has 0 atom stereocenters. The summed E-state index contributed by atoms with van der Waals surface area (Å²) in [7, 11) is 0. The Balaban J connectivity index is -0.000000480. The molecule has 0 aliphatic carbocycles. The van der Waals surface area contributed by atoms with Crippen LogP contribution in [0, 0.1) is 12.5 Å². The Morgan fingerprint density at radius 2 is 1.67 bits per heavy atom. The van der Waals surface area contributed by atoms with Crippen LogP contribution in [0.15, 0.2) is 18.2 Å². The van der Waals surface area contributed by atoms with Crippen LogP contribution in [-0.4, -0.2) is 0 Å². The fourth-order valence-electron chi connectivity index (χ4n) is 1.12. The number of benzene rings is 1. The van der Waals surface area contributed by atoms with Crippen molar-refractivity contribution in [2.45, 2.75) is 33.1 Å². The Hall–Kier alpha value is 1.15.